The van der Waals surface area contributed by atoms with Crippen LogP contribution in [0.25, 0.3) is 0 Å². The monoisotopic (exact) mass is 327 g/mol. The highest BCUT2D eigenvalue weighted by Crippen LogP contribution is 2.20. The highest BCUT2D eigenvalue weighted by Gasteiger charge is 2.20. The highest BCUT2D eigenvalue weighted by molar-refractivity contribution is 5.93. The summed E-state index contributed by atoms with van der Waals surface area (Å²) in [5.74, 6) is 0.560. The van der Waals surface area contributed by atoms with E-state index in [0.29, 0.717) is 18.2 Å². The van der Waals surface area contributed by atoms with Crippen molar-refractivity contribution in [3.05, 3.63) is 47.8 Å². The number of hydrogen-bond acceptors (Lipinski definition) is 4. The second-order valence-corrected chi connectivity index (χ2v) is 6.53. The fraction of sp³-hybridized carbons (Fsp3) is 0.500. The molecule has 3 heterocycles. The van der Waals surface area contributed by atoms with Gasteiger partial charge in [0.15, 0.2) is 0 Å². The van der Waals surface area contributed by atoms with Gasteiger partial charge in [-0.15, -0.1) is 0 Å². The normalized spacial score (nSPS) is 18.5. The summed E-state index contributed by atoms with van der Waals surface area (Å²) in [5.41, 5.74) is 2.61. The van der Waals surface area contributed by atoms with Gasteiger partial charge in [0.05, 0.1) is 6.33 Å². The van der Waals surface area contributed by atoms with Crippen LogP contribution in [0.1, 0.15) is 41.0 Å². The number of carbonyl (C=O) groups excluding carboxylic acids is 1. The SMILES string of the molecule is Cc1cccnc1C(=O)NCCC1CCCN(Cc2cnc[nH]2)C1. The Hall–Kier alpha value is -2.21. The van der Waals surface area contributed by atoms with Gasteiger partial charge < -0.3 is 10.3 Å². The number of nitrogens with one attached hydrogen (secondary N) is 2. The molecule has 1 amide bonds. The Balaban J connectivity index is 1.43. The van der Waals surface area contributed by atoms with Gasteiger partial charge in [-0.2, -0.15) is 0 Å². The average molecular weight is 327 g/mol. The number of rotatable bonds is 6. The maximum atomic E-state index is 12.2. The van der Waals surface area contributed by atoms with E-state index in [0.717, 1.165) is 37.3 Å². The first-order chi connectivity index (χ1) is 11.7. The van der Waals surface area contributed by atoms with Crippen LogP contribution < -0.4 is 5.32 Å². The number of aryl methyl sites for hydroxylation is 1. The summed E-state index contributed by atoms with van der Waals surface area (Å²) in [6, 6.07) is 3.76. The van der Waals surface area contributed by atoms with Crippen molar-refractivity contribution < 1.29 is 4.79 Å². The summed E-state index contributed by atoms with van der Waals surface area (Å²) >= 11 is 0. The molecule has 2 N–H and O–H groups in total. The number of carbonyl (C=O) groups is 1. The number of piperidine rings is 1. The molecule has 1 unspecified atom stereocenters. The summed E-state index contributed by atoms with van der Waals surface area (Å²) in [6.07, 6.45) is 8.74. The minimum absolute atomic E-state index is 0.0711. The van der Waals surface area contributed by atoms with Gasteiger partial charge in [0.25, 0.3) is 5.91 Å². The van der Waals surface area contributed by atoms with Gasteiger partial charge in [-0.25, -0.2) is 4.98 Å². The smallest absolute Gasteiger partial charge is 0.270 e. The van der Waals surface area contributed by atoms with Crippen molar-refractivity contribution >= 4 is 5.91 Å². The number of aromatic amines is 1. The maximum absolute atomic E-state index is 12.2. The van der Waals surface area contributed by atoms with E-state index in [-0.39, 0.29) is 5.91 Å². The second-order valence-electron chi connectivity index (χ2n) is 6.53. The molecule has 24 heavy (non-hydrogen) atoms. The number of likely N-dealkylation sites (tertiary alicyclic amines) is 1. The zero-order valence-corrected chi connectivity index (χ0v) is 14.2. The highest BCUT2D eigenvalue weighted by atomic mass is 16.1. The van der Waals surface area contributed by atoms with Crippen LogP contribution in [0.5, 0.6) is 0 Å². The number of imidazole rings is 1. The van der Waals surface area contributed by atoms with Gasteiger partial charge in [0.1, 0.15) is 5.69 Å². The van der Waals surface area contributed by atoms with Crippen molar-refractivity contribution in [2.75, 3.05) is 19.6 Å². The molecule has 1 aliphatic rings. The van der Waals surface area contributed by atoms with Crippen molar-refractivity contribution in [3.63, 3.8) is 0 Å². The molecule has 1 saturated heterocycles. The number of nitrogens with zero attached hydrogens (tertiary/aromatic N) is 3. The van der Waals surface area contributed by atoms with Gasteiger partial charge in [-0.1, -0.05) is 6.07 Å². The molecule has 2 aromatic rings. The lowest BCUT2D eigenvalue weighted by atomic mass is 9.94. The van der Waals surface area contributed by atoms with Crippen molar-refractivity contribution in [1.29, 1.82) is 0 Å². The molecular formula is C18H25N5O. The fourth-order valence-electron chi connectivity index (χ4n) is 3.34. The predicted molar refractivity (Wildman–Crippen MR) is 92.5 cm³/mol. The van der Waals surface area contributed by atoms with Gasteiger partial charge in [0, 0.05) is 37.7 Å². The van der Waals surface area contributed by atoms with E-state index in [1.165, 1.54) is 12.8 Å². The van der Waals surface area contributed by atoms with Crippen molar-refractivity contribution in [1.82, 2.24) is 25.2 Å². The molecule has 2 aromatic heterocycles. The van der Waals surface area contributed by atoms with Crippen LogP contribution in [0.15, 0.2) is 30.9 Å². The summed E-state index contributed by atoms with van der Waals surface area (Å²) in [6.45, 7) is 5.76. The lowest BCUT2D eigenvalue weighted by molar-refractivity contribution is 0.0940. The molecule has 1 atom stereocenters. The second kappa shape index (κ2) is 8.06. The molecule has 1 fully saturated rings. The maximum Gasteiger partial charge on any atom is 0.270 e. The number of aromatic nitrogens is 3. The summed E-state index contributed by atoms with van der Waals surface area (Å²) in [4.78, 5) is 26.1. The van der Waals surface area contributed by atoms with Crippen molar-refractivity contribution in [2.45, 2.75) is 32.7 Å². The van der Waals surface area contributed by atoms with Gasteiger partial charge in [0.2, 0.25) is 0 Å². The lowest BCUT2D eigenvalue weighted by Crippen LogP contribution is -2.37. The zero-order valence-electron chi connectivity index (χ0n) is 14.2. The Kier molecular flexibility index (Phi) is 5.59. The Bertz CT molecular complexity index is 655. The lowest BCUT2D eigenvalue weighted by Gasteiger charge is -2.32. The van der Waals surface area contributed by atoms with E-state index in [9.17, 15) is 4.79 Å². The van der Waals surface area contributed by atoms with Crippen LogP contribution in [-0.2, 0) is 6.54 Å². The van der Waals surface area contributed by atoms with Crippen molar-refractivity contribution in [2.24, 2.45) is 5.92 Å². The van der Waals surface area contributed by atoms with Crippen LogP contribution in [-0.4, -0.2) is 45.4 Å². The van der Waals surface area contributed by atoms with Crippen LogP contribution >= 0.6 is 0 Å². The number of pyridine rings is 1. The van der Waals surface area contributed by atoms with Gasteiger partial charge in [-0.05, 0) is 50.3 Å². The minimum atomic E-state index is -0.0711. The van der Waals surface area contributed by atoms with E-state index in [1.807, 2.05) is 25.3 Å². The molecule has 6 heteroatoms. The first-order valence-electron chi connectivity index (χ1n) is 8.62. The zero-order chi connectivity index (χ0) is 16.8. The molecule has 0 aromatic carbocycles. The van der Waals surface area contributed by atoms with E-state index in [1.54, 1.807) is 12.5 Å². The minimum Gasteiger partial charge on any atom is -0.351 e. The van der Waals surface area contributed by atoms with Crippen molar-refractivity contribution in [3.8, 4) is 0 Å². The standard InChI is InChI=1S/C18H25N5O/c1-14-4-2-7-20-17(14)18(24)21-8-6-15-5-3-9-23(11-15)12-16-10-19-13-22-16/h2,4,7,10,13,15H,3,5-6,8-9,11-12H2,1H3,(H,19,22)(H,21,24). The Morgan fingerprint density at radius 2 is 2.42 bits per heavy atom. The third kappa shape index (κ3) is 4.41. The Morgan fingerprint density at radius 1 is 1.50 bits per heavy atom. The molecule has 1 aliphatic heterocycles. The number of amides is 1. The fourth-order valence-corrected chi connectivity index (χ4v) is 3.34. The van der Waals surface area contributed by atoms with Crippen LogP contribution in [0.4, 0.5) is 0 Å². The van der Waals surface area contributed by atoms with Crippen LogP contribution in [0, 0.1) is 12.8 Å². The molecule has 3 rings (SSSR count). The van der Waals surface area contributed by atoms with E-state index in [2.05, 4.69) is 25.2 Å². The topological polar surface area (TPSA) is 73.9 Å². The average Bonchev–Trinajstić information content (AvgIpc) is 3.08. The third-order valence-corrected chi connectivity index (χ3v) is 4.61. The Labute approximate surface area is 142 Å². The molecule has 6 nitrogen and oxygen atoms in total. The molecule has 0 bridgehead atoms. The van der Waals surface area contributed by atoms with Crippen LogP contribution in [0.3, 0.4) is 0 Å². The first-order valence-corrected chi connectivity index (χ1v) is 8.62. The quantitative estimate of drug-likeness (QED) is 0.852. The van der Waals surface area contributed by atoms with E-state index >= 15 is 0 Å². The number of hydrogen-bond donors (Lipinski definition) is 2. The molecule has 0 radical (unpaired) electrons. The van der Waals surface area contributed by atoms with Gasteiger partial charge >= 0.3 is 0 Å². The largest absolute Gasteiger partial charge is 0.351 e. The predicted octanol–water partition coefficient (Wildman–Crippen LogP) is 2.15. The first kappa shape index (κ1) is 16.6. The molecular weight excluding hydrogens is 302 g/mol. The Morgan fingerprint density at radius 3 is 3.21 bits per heavy atom. The van der Waals surface area contributed by atoms with Crippen LogP contribution in [0.2, 0.25) is 0 Å². The molecule has 0 aliphatic carbocycles. The summed E-state index contributed by atoms with van der Waals surface area (Å²) in [7, 11) is 0. The summed E-state index contributed by atoms with van der Waals surface area (Å²) < 4.78 is 0. The third-order valence-electron chi connectivity index (χ3n) is 4.61. The molecule has 0 saturated carbocycles. The summed E-state index contributed by atoms with van der Waals surface area (Å²) in [5, 5.41) is 3.01. The molecule has 0 spiro atoms. The van der Waals surface area contributed by atoms with E-state index < -0.39 is 0 Å². The molecule has 128 valence electrons. The van der Waals surface area contributed by atoms with Gasteiger partial charge in [-0.3, -0.25) is 14.7 Å². The van der Waals surface area contributed by atoms with E-state index in [4.69, 9.17) is 0 Å². The number of H-pyrrole nitrogens is 1.